The third-order valence-corrected chi connectivity index (χ3v) is 4.28. The van der Waals surface area contributed by atoms with Crippen molar-refractivity contribution >= 4 is 28.7 Å². The van der Waals surface area contributed by atoms with E-state index in [1.54, 1.807) is 0 Å². The molecule has 108 valence electrons. The van der Waals surface area contributed by atoms with Gasteiger partial charge in [-0.1, -0.05) is 13.0 Å². The Morgan fingerprint density at radius 2 is 2.14 bits per heavy atom. The number of aromatic nitrogens is 1. The van der Waals surface area contributed by atoms with E-state index in [1.807, 2.05) is 5.38 Å². The molecular formula is C15H13FN2O2S. The molecule has 0 saturated heterocycles. The molecule has 1 aromatic heterocycles. The fourth-order valence-corrected chi connectivity index (χ4v) is 3.27. The van der Waals surface area contributed by atoms with Crippen LogP contribution in [0.3, 0.4) is 0 Å². The second kappa shape index (κ2) is 5.37. The van der Waals surface area contributed by atoms with Gasteiger partial charge in [0.1, 0.15) is 5.82 Å². The number of fused-ring (bicyclic) bond motifs is 1. The lowest BCUT2D eigenvalue weighted by molar-refractivity contribution is -0.114. The van der Waals surface area contributed by atoms with E-state index in [-0.39, 0.29) is 17.8 Å². The van der Waals surface area contributed by atoms with Crippen molar-refractivity contribution in [3.8, 4) is 0 Å². The summed E-state index contributed by atoms with van der Waals surface area (Å²) in [5.41, 5.74) is 0.877. The van der Waals surface area contributed by atoms with E-state index in [9.17, 15) is 14.0 Å². The number of benzene rings is 1. The highest BCUT2D eigenvalue weighted by atomic mass is 32.1. The molecule has 1 amide bonds. The largest absolute Gasteiger partial charge is 0.299 e. The number of amides is 1. The monoisotopic (exact) mass is 304 g/mol. The number of hydrogen-bond acceptors (Lipinski definition) is 4. The Kier molecular flexibility index (Phi) is 3.55. The third kappa shape index (κ3) is 2.35. The zero-order chi connectivity index (χ0) is 15.0. The molecule has 6 heteroatoms. The van der Waals surface area contributed by atoms with Crippen LogP contribution in [0.4, 0.5) is 10.1 Å². The smallest absolute Gasteiger partial charge is 0.296 e. The van der Waals surface area contributed by atoms with E-state index in [0.29, 0.717) is 5.69 Å². The van der Waals surface area contributed by atoms with Crippen LogP contribution < -0.4 is 4.90 Å². The standard InChI is InChI=1S/C15H13FN2O2S/c1-2-4-12-17-9(8-21-12)7-18-13-10(14(19)15(18)20)5-3-6-11(13)16/h3,5-6,8H,2,4,7H2,1H3. The first kappa shape index (κ1) is 13.9. The van der Waals surface area contributed by atoms with Crippen molar-refractivity contribution in [2.75, 3.05) is 4.90 Å². The molecule has 4 nitrogen and oxygen atoms in total. The number of aryl methyl sites for hydroxylation is 1. The van der Waals surface area contributed by atoms with Gasteiger partial charge in [0, 0.05) is 5.38 Å². The number of carbonyl (C=O) groups is 2. The summed E-state index contributed by atoms with van der Waals surface area (Å²) in [6.45, 7) is 2.19. The van der Waals surface area contributed by atoms with Gasteiger partial charge < -0.3 is 0 Å². The van der Waals surface area contributed by atoms with Crippen LogP contribution in [0.2, 0.25) is 0 Å². The second-order valence-corrected chi connectivity index (χ2v) is 5.78. The number of thiazole rings is 1. The SMILES string of the molecule is CCCc1nc(CN2C(=O)C(=O)c3cccc(F)c32)cs1. The minimum absolute atomic E-state index is 0.0672. The highest BCUT2D eigenvalue weighted by Crippen LogP contribution is 2.32. The number of hydrogen-bond donors (Lipinski definition) is 0. The van der Waals surface area contributed by atoms with Gasteiger partial charge in [-0.2, -0.15) is 0 Å². The molecule has 0 fully saturated rings. The fourth-order valence-electron chi connectivity index (χ4n) is 2.38. The van der Waals surface area contributed by atoms with Crippen LogP contribution in [-0.2, 0) is 17.8 Å². The zero-order valence-corrected chi connectivity index (χ0v) is 12.2. The molecule has 1 aromatic carbocycles. The van der Waals surface area contributed by atoms with Gasteiger partial charge in [-0.05, 0) is 25.0 Å². The Morgan fingerprint density at radius 1 is 1.33 bits per heavy atom. The van der Waals surface area contributed by atoms with Gasteiger partial charge in [-0.3, -0.25) is 14.5 Å². The molecular weight excluding hydrogens is 291 g/mol. The maximum Gasteiger partial charge on any atom is 0.299 e. The minimum Gasteiger partial charge on any atom is -0.296 e. The number of halogens is 1. The van der Waals surface area contributed by atoms with Crippen molar-refractivity contribution < 1.29 is 14.0 Å². The maximum absolute atomic E-state index is 14.0. The van der Waals surface area contributed by atoms with Crippen LogP contribution >= 0.6 is 11.3 Å². The molecule has 0 bridgehead atoms. The Labute approximate surface area is 125 Å². The molecule has 0 saturated carbocycles. The Morgan fingerprint density at radius 3 is 2.90 bits per heavy atom. The normalized spacial score (nSPS) is 13.9. The van der Waals surface area contributed by atoms with Crippen molar-refractivity contribution in [1.29, 1.82) is 0 Å². The predicted octanol–water partition coefficient (Wildman–Crippen LogP) is 2.96. The van der Waals surface area contributed by atoms with Gasteiger partial charge in [0.25, 0.3) is 11.7 Å². The molecule has 0 atom stereocenters. The first-order chi connectivity index (χ1) is 10.1. The van der Waals surface area contributed by atoms with E-state index in [4.69, 9.17) is 0 Å². The molecule has 2 aromatic rings. The Bertz CT molecular complexity index is 726. The Hall–Kier alpha value is -2.08. The first-order valence-corrected chi connectivity index (χ1v) is 7.57. The average molecular weight is 304 g/mol. The number of nitrogens with zero attached hydrogens (tertiary/aromatic N) is 2. The summed E-state index contributed by atoms with van der Waals surface area (Å²) in [4.78, 5) is 29.5. The topological polar surface area (TPSA) is 50.3 Å². The fraction of sp³-hybridized carbons (Fsp3) is 0.267. The number of ketones is 1. The van der Waals surface area contributed by atoms with E-state index < -0.39 is 17.5 Å². The van der Waals surface area contributed by atoms with Crippen LogP contribution in [0.15, 0.2) is 23.6 Å². The molecule has 21 heavy (non-hydrogen) atoms. The van der Waals surface area contributed by atoms with Crippen molar-refractivity contribution in [2.45, 2.75) is 26.3 Å². The Balaban J connectivity index is 1.92. The summed E-state index contributed by atoms with van der Waals surface area (Å²) in [7, 11) is 0. The van der Waals surface area contributed by atoms with Gasteiger partial charge in [-0.25, -0.2) is 9.37 Å². The molecule has 0 aliphatic carbocycles. The lowest BCUT2D eigenvalue weighted by Gasteiger charge is -2.15. The quantitative estimate of drug-likeness (QED) is 0.816. The predicted molar refractivity (Wildman–Crippen MR) is 78.0 cm³/mol. The summed E-state index contributed by atoms with van der Waals surface area (Å²) >= 11 is 1.52. The molecule has 1 aliphatic rings. The summed E-state index contributed by atoms with van der Waals surface area (Å²) in [5.74, 6) is -1.91. The van der Waals surface area contributed by atoms with Crippen LogP contribution in [0.1, 0.15) is 34.4 Å². The van der Waals surface area contributed by atoms with Gasteiger partial charge in [0.2, 0.25) is 0 Å². The van der Waals surface area contributed by atoms with Crippen LogP contribution in [0.25, 0.3) is 0 Å². The molecule has 1 aliphatic heterocycles. The van der Waals surface area contributed by atoms with E-state index in [2.05, 4.69) is 11.9 Å². The molecule has 2 heterocycles. The minimum atomic E-state index is -0.694. The molecule has 3 rings (SSSR count). The maximum atomic E-state index is 14.0. The third-order valence-electron chi connectivity index (χ3n) is 3.32. The van der Waals surface area contributed by atoms with E-state index >= 15 is 0 Å². The zero-order valence-electron chi connectivity index (χ0n) is 11.4. The van der Waals surface area contributed by atoms with Crippen LogP contribution in [0, 0.1) is 5.82 Å². The van der Waals surface area contributed by atoms with Crippen LogP contribution in [0.5, 0.6) is 0 Å². The number of para-hydroxylation sites is 1. The summed E-state index contributed by atoms with van der Waals surface area (Å²) in [6, 6.07) is 4.16. The molecule has 0 spiro atoms. The lowest BCUT2D eigenvalue weighted by atomic mass is 10.1. The van der Waals surface area contributed by atoms with Gasteiger partial charge in [0.15, 0.2) is 0 Å². The number of Topliss-reactive ketones (excluding diaryl/α,β-unsaturated/α-hetero) is 1. The number of anilines is 1. The summed E-state index contributed by atoms with van der Waals surface area (Å²) in [5, 5.41) is 2.83. The van der Waals surface area contributed by atoms with E-state index in [1.165, 1.54) is 34.4 Å². The molecule has 0 N–H and O–H groups in total. The van der Waals surface area contributed by atoms with Gasteiger partial charge in [0.05, 0.1) is 28.5 Å². The molecule has 0 unspecified atom stereocenters. The molecule has 0 radical (unpaired) electrons. The van der Waals surface area contributed by atoms with Crippen molar-refractivity contribution in [3.63, 3.8) is 0 Å². The summed E-state index contributed by atoms with van der Waals surface area (Å²) < 4.78 is 14.0. The van der Waals surface area contributed by atoms with Crippen molar-refractivity contribution in [1.82, 2.24) is 4.98 Å². The van der Waals surface area contributed by atoms with E-state index in [0.717, 1.165) is 17.8 Å². The number of carbonyl (C=O) groups excluding carboxylic acids is 2. The first-order valence-electron chi connectivity index (χ1n) is 6.69. The number of rotatable bonds is 4. The van der Waals surface area contributed by atoms with Crippen LogP contribution in [-0.4, -0.2) is 16.7 Å². The summed E-state index contributed by atoms with van der Waals surface area (Å²) in [6.07, 6.45) is 1.87. The lowest BCUT2D eigenvalue weighted by Crippen LogP contribution is -2.29. The van der Waals surface area contributed by atoms with Crippen molar-refractivity contribution in [3.05, 3.63) is 45.7 Å². The van der Waals surface area contributed by atoms with Gasteiger partial charge in [-0.15, -0.1) is 11.3 Å². The second-order valence-electron chi connectivity index (χ2n) is 4.84. The van der Waals surface area contributed by atoms with Gasteiger partial charge >= 0.3 is 0 Å². The highest BCUT2D eigenvalue weighted by Gasteiger charge is 2.38. The average Bonchev–Trinajstić information content (AvgIpc) is 3.00. The van der Waals surface area contributed by atoms with Crippen molar-refractivity contribution in [2.24, 2.45) is 0 Å². The highest BCUT2D eigenvalue weighted by molar-refractivity contribution is 7.09.